The number of aromatic nitrogens is 1. The maximum absolute atomic E-state index is 6.29. The maximum Gasteiger partial charge on any atom is 0.143 e. The normalized spacial score (nSPS) is 15.6. The molecule has 1 aliphatic carbocycles. The van der Waals surface area contributed by atoms with Crippen molar-refractivity contribution in [2.75, 3.05) is 0 Å². The summed E-state index contributed by atoms with van der Waals surface area (Å²) in [5, 5.41) is 4.86. The first-order valence-corrected chi connectivity index (χ1v) is 11.9. The third kappa shape index (κ3) is 3.16. The number of fused-ring (bicyclic) bond motifs is 5. The van der Waals surface area contributed by atoms with Crippen LogP contribution >= 0.6 is 0 Å². The molecule has 0 N–H and O–H groups in total. The Labute approximate surface area is 190 Å². The highest BCUT2D eigenvalue weighted by molar-refractivity contribution is 6.40. The Morgan fingerprint density at radius 1 is 0.812 bits per heavy atom. The average molecular weight is 415 g/mol. The smallest absolute Gasteiger partial charge is 0.143 e. The molecule has 2 heterocycles. The predicted octanol–water partition coefficient (Wildman–Crippen LogP) is 5.80. The van der Waals surface area contributed by atoms with Crippen LogP contribution in [0.2, 0.25) is 0 Å². The van der Waals surface area contributed by atoms with Crippen LogP contribution in [0.1, 0.15) is 37.7 Å². The van der Waals surface area contributed by atoms with Crippen molar-refractivity contribution in [2.24, 2.45) is 5.92 Å². The Kier molecular flexibility index (Phi) is 4.64. The van der Waals surface area contributed by atoms with Crippen LogP contribution in [0.4, 0.5) is 0 Å². The summed E-state index contributed by atoms with van der Waals surface area (Å²) in [6.07, 6.45) is 8.79. The molecule has 0 radical (unpaired) electrons. The van der Waals surface area contributed by atoms with E-state index < -0.39 is 0 Å². The lowest BCUT2D eigenvalue weighted by Crippen LogP contribution is -2.37. The van der Waals surface area contributed by atoms with Crippen molar-refractivity contribution in [1.82, 2.24) is 4.98 Å². The summed E-state index contributed by atoms with van der Waals surface area (Å²) < 4.78 is 6.29. The van der Waals surface area contributed by atoms with E-state index in [-0.39, 0.29) is 5.21 Å². The van der Waals surface area contributed by atoms with Gasteiger partial charge in [-0.05, 0) is 47.7 Å². The second-order valence-electron chi connectivity index (χ2n) is 9.96. The van der Waals surface area contributed by atoms with Crippen molar-refractivity contribution in [3.05, 3.63) is 78.5 Å². The van der Waals surface area contributed by atoms with Crippen LogP contribution in [-0.4, -0.2) is 20.7 Å². The quantitative estimate of drug-likeness (QED) is 0.348. The number of nitrogens with zero attached hydrogens (tertiary/aromatic N) is 1. The SMILES string of the molecule is BC(B)(c1ccnc(-c2ccc3oc4c5ccccc5ccc4c3c2)c1)C1CCCCC1. The van der Waals surface area contributed by atoms with Crippen LogP contribution in [-0.2, 0) is 5.21 Å². The Morgan fingerprint density at radius 2 is 1.66 bits per heavy atom. The summed E-state index contributed by atoms with van der Waals surface area (Å²) in [5.41, 5.74) is 5.49. The van der Waals surface area contributed by atoms with Gasteiger partial charge in [-0.3, -0.25) is 4.98 Å². The topological polar surface area (TPSA) is 26.0 Å². The average Bonchev–Trinajstić information content (AvgIpc) is 3.23. The minimum Gasteiger partial charge on any atom is -0.455 e. The Morgan fingerprint density at radius 3 is 2.53 bits per heavy atom. The zero-order valence-corrected chi connectivity index (χ0v) is 18.9. The summed E-state index contributed by atoms with van der Waals surface area (Å²) in [6, 6.07) is 23.8. The van der Waals surface area contributed by atoms with Gasteiger partial charge < -0.3 is 4.42 Å². The predicted molar refractivity (Wildman–Crippen MR) is 140 cm³/mol. The highest BCUT2D eigenvalue weighted by Gasteiger charge is 2.32. The van der Waals surface area contributed by atoms with Crippen molar-refractivity contribution in [3.8, 4) is 11.3 Å². The van der Waals surface area contributed by atoms with E-state index in [0.717, 1.165) is 39.1 Å². The van der Waals surface area contributed by atoms with E-state index in [4.69, 9.17) is 9.40 Å². The molecular formula is C28H27B2NO. The van der Waals surface area contributed by atoms with Gasteiger partial charge in [0, 0.05) is 27.9 Å². The number of rotatable bonds is 3. The summed E-state index contributed by atoms with van der Waals surface area (Å²) in [4.78, 5) is 4.76. The molecule has 0 aliphatic heterocycles. The summed E-state index contributed by atoms with van der Waals surface area (Å²) >= 11 is 0. The van der Waals surface area contributed by atoms with E-state index in [1.54, 1.807) is 0 Å². The summed E-state index contributed by atoms with van der Waals surface area (Å²) in [7, 11) is 4.83. The van der Waals surface area contributed by atoms with E-state index in [0.29, 0.717) is 0 Å². The number of pyridine rings is 1. The minimum atomic E-state index is 0.170. The molecule has 4 heteroatoms. The molecule has 1 aliphatic rings. The fraction of sp³-hybridized carbons (Fsp3) is 0.250. The third-order valence-corrected chi connectivity index (χ3v) is 7.79. The number of hydrogen-bond acceptors (Lipinski definition) is 2. The van der Waals surface area contributed by atoms with E-state index in [1.165, 1.54) is 48.4 Å². The van der Waals surface area contributed by atoms with Crippen LogP contribution in [0.15, 0.2) is 77.3 Å². The first-order valence-electron chi connectivity index (χ1n) is 11.9. The van der Waals surface area contributed by atoms with E-state index in [1.807, 2.05) is 6.20 Å². The largest absolute Gasteiger partial charge is 0.455 e. The van der Waals surface area contributed by atoms with Gasteiger partial charge in [0.1, 0.15) is 26.9 Å². The molecule has 2 aromatic heterocycles. The first kappa shape index (κ1) is 19.7. The van der Waals surface area contributed by atoms with Gasteiger partial charge in [-0.2, -0.15) is 0 Å². The van der Waals surface area contributed by atoms with E-state index in [2.05, 4.69) is 82.4 Å². The van der Waals surface area contributed by atoms with E-state index >= 15 is 0 Å². The molecule has 0 saturated heterocycles. The molecule has 3 aromatic carbocycles. The van der Waals surface area contributed by atoms with Gasteiger partial charge in [0.15, 0.2) is 0 Å². The number of benzene rings is 3. The molecule has 6 rings (SSSR count). The van der Waals surface area contributed by atoms with Crippen LogP contribution in [0.25, 0.3) is 44.0 Å². The molecule has 0 bridgehead atoms. The lowest BCUT2D eigenvalue weighted by atomic mass is 9.43. The Hall–Kier alpha value is -3.00. The van der Waals surface area contributed by atoms with Crippen LogP contribution in [0.3, 0.4) is 0 Å². The second-order valence-corrected chi connectivity index (χ2v) is 9.96. The molecule has 1 fully saturated rings. The summed E-state index contributed by atoms with van der Waals surface area (Å²) in [5.74, 6) is 0.750. The highest BCUT2D eigenvalue weighted by Crippen LogP contribution is 2.39. The molecule has 0 atom stereocenters. The van der Waals surface area contributed by atoms with Crippen molar-refractivity contribution < 1.29 is 4.42 Å². The van der Waals surface area contributed by atoms with E-state index in [9.17, 15) is 0 Å². The first-order chi connectivity index (χ1) is 15.6. The van der Waals surface area contributed by atoms with Crippen molar-refractivity contribution in [1.29, 1.82) is 0 Å². The van der Waals surface area contributed by atoms with Gasteiger partial charge in [-0.25, -0.2) is 0 Å². The summed E-state index contributed by atoms with van der Waals surface area (Å²) in [6.45, 7) is 0. The molecule has 2 nitrogen and oxygen atoms in total. The van der Waals surface area contributed by atoms with Gasteiger partial charge in [-0.15, -0.1) is 0 Å². The number of hydrogen-bond donors (Lipinski definition) is 0. The zero-order valence-electron chi connectivity index (χ0n) is 18.9. The standard InChI is InChI=1S/C28H27B2NO/c29-28(30,20-7-2-1-3-8-20)21-14-15-31-25(17-21)19-11-13-26-24(16-19)23-12-10-18-6-4-5-9-22(18)27(23)32-26/h4-6,9-17,20H,1-3,7-8,29-30H2. The van der Waals surface area contributed by atoms with Gasteiger partial charge in [0.25, 0.3) is 0 Å². The van der Waals surface area contributed by atoms with Crippen LogP contribution < -0.4 is 0 Å². The molecule has 1 saturated carbocycles. The molecule has 156 valence electrons. The van der Waals surface area contributed by atoms with Crippen LogP contribution in [0.5, 0.6) is 0 Å². The highest BCUT2D eigenvalue weighted by atomic mass is 16.3. The monoisotopic (exact) mass is 415 g/mol. The molecule has 0 amide bonds. The minimum absolute atomic E-state index is 0.170. The number of furan rings is 1. The van der Waals surface area contributed by atoms with Gasteiger partial charge in [0.2, 0.25) is 0 Å². The van der Waals surface area contributed by atoms with Gasteiger partial charge >= 0.3 is 0 Å². The molecule has 32 heavy (non-hydrogen) atoms. The lowest BCUT2D eigenvalue weighted by Gasteiger charge is -2.38. The van der Waals surface area contributed by atoms with Crippen molar-refractivity contribution in [3.63, 3.8) is 0 Å². The molecule has 0 unspecified atom stereocenters. The van der Waals surface area contributed by atoms with Gasteiger partial charge in [-0.1, -0.05) is 73.2 Å². The zero-order chi connectivity index (χ0) is 21.7. The molecule has 5 aromatic rings. The maximum atomic E-state index is 6.29. The molecule has 0 spiro atoms. The van der Waals surface area contributed by atoms with Crippen molar-refractivity contribution in [2.45, 2.75) is 37.3 Å². The lowest BCUT2D eigenvalue weighted by molar-refractivity contribution is 0.327. The molecular weight excluding hydrogens is 388 g/mol. The van der Waals surface area contributed by atoms with Crippen molar-refractivity contribution >= 4 is 48.4 Å². The Balaban J connectivity index is 1.45. The fourth-order valence-electron chi connectivity index (χ4n) is 5.71. The van der Waals surface area contributed by atoms with Crippen LogP contribution in [0, 0.1) is 5.92 Å². The fourth-order valence-corrected chi connectivity index (χ4v) is 5.71. The van der Waals surface area contributed by atoms with Gasteiger partial charge in [0.05, 0.1) is 5.69 Å². The Bertz CT molecular complexity index is 1450. The third-order valence-electron chi connectivity index (χ3n) is 7.79. The second kappa shape index (κ2) is 7.55.